The molecule has 18 heavy (non-hydrogen) atoms. The van der Waals surface area contributed by atoms with Gasteiger partial charge in [0.05, 0.1) is 14.8 Å². The number of hydrogen-bond acceptors (Lipinski definition) is 2. The lowest BCUT2D eigenvalue weighted by Gasteiger charge is -2.18. The SMILES string of the molecule is [2H]C([2H])(c1ccc(C(F)(F)F)cc1F)N(NC)C(=O)O. The quantitative estimate of drug-likeness (QED) is 0.654. The van der Waals surface area contributed by atoms with Crippen molar-refractivity contribution in [3.63, 3.8) is 0 Å². The summed E-state index contributed by atoms with van der Waals surface area (Å²) in [6.45, 7) is -2.88. The fourth-order valence-electron chi connectivity index (χ4n) is 1.10. The van der Waals surface area contributed by atoms with E-state index in [1.54, 1.807) is 0 Å². The van der Waals surface area contributed by atoms with Gasteiger partial charge in [-0.05, 0) is 12.1 Å². The Bertz CT molecular complexity index is 522. The van der Waals surface area contributed by atoms with Gasteiger partial charge in [-0.1, -0.05) is 6.07 Å². The lowest BCUT2D eigenvalue weighted by Crippen LogP contribution is -2.39. The maximum atomic E-state index is 13.6. The maximum absolute atomic E-state index is 13.6. The summed E-state index contributed by atoms with van der Waals surface area (Å²) in [6.07, 6.45) is -6.53. The molecule has 0 saturated carbocycles. The lowest BCUT2D eigenvalue weighted by molar-refractivity contribution is -0.137. The normalized spacial score (nSPS) is 13.8. The van der Waals surface area contributed by atoms with E-state index in [1.807, 2.05) is 5.43 Å². The second-order valence-electron chi connectivity index (χ2n) is 3.15. The Morgan fingerprint density at radius 2 is 2.17 bits per heavy atom. The second-order valence-corrected chi connectivity index (χ2v) is 3.15. The highest BCUT2D eigenvalue weighted by Gasteiger charge is 2.31. The molecule has 0 spiro atoms. The van der Waals surface area contributed by atoms with E-state index in [0.717, 1.165) is 7.05 Å². The number of nitrogens with one attached hydrogen (secondary N) is 1. The number of nitrogens with zero attached hydrogens (tertiary/aromatic N) is 1. The molecule has 0 aliphatic rings. The van der Waals surface area contributed by atoms with Crippen LogP contribution < -0.4 is 5.43 Å². The number of carboxylic acid groups (broad SMARTS) is 1. The number of benzene rings is 1. The zero-order valence-corrected chi connectivity index (χ0v) is 9.05. The Morgan fingerprint density at radius 1 is 1.56 bits per heavy atom. The topological polar surface area (TPSA) is 52.6 Å². The molecule has 0 unspecified atom stereocenters. The molecule has 1 amide bonds. The van der Waals surface area contributed by atoms with Crippen LogP contribution in [0.1, 0.15) is 13.9 Å². The molecule has 2 N–H and O–H groups in total. The molecule has 0 bridgehead atoms. The first-order chi connectivity index (χ1) is 9.01. The number of carbonyl (C=O) groups is 1. The van der Waals surface area contributed by atoms with Crippen LogP contribution in [0.3, 0.4) is 0 Å². The van der Waals surface area contributed by atoms with Gasteiger partial charge >= 0.3 is 12.3 Å². The fourth-order valence-corrected chi connectivity index (χ4v) is 1.10. The van der Waals surface area contributed by atoms with Crippen LogP contribution in [0.5, 0.6) is 0 Å². The molecule has 0 atom stereocenters. The van der Waals surface area contributed by atoms with Crippen LogP contribution in [0.4, 0.5) is 22.4 Å². The third-order valence-corrected chi connectivity index (χ3v) is 1.94. The van der Waals surface area contributed by atoms with Gasteiger partial charge in [-0.3, -0.25) is 0 Å². The fraction of sp³-hybridized carbons (Fsp3) is 0.300. The highest BCUT2D eigenvalue weighted by Crippen LogP contribution is 2.30. The first-order valence-electron chi connectivity index (χ1n) is 5.59. The predicted molar refractivity (Wildman–Crippen MR) is 54.0 cm³/mol. The van der Waals surface area contributed by atoms with Crippen molar-refractivity contribution in [1.29, 1.82) is 0 Å². The molecule has 0 aromatic heterocycles. The van der Waals surface area contributed by atoms with E-state index in [0.29, 0.717) is 12.1 Å². The van der Waals surface area contributed by atoms with Gasteiger partial charge in [-0.25, -0.2) is 19.6 Å². The van der Waals surface area contributed by atoms with Gasteiger partial charge in [-0.15, -0.1) is 0 Å². The van der Waals surface area contributed by atoms with Gasteiger partial charge in [0, 0.05) is 12.6 Å². The Labute approximate surface area is 103 Å². The Balaban J connectivity index is 3.30. The smallest absolute Gasteiger partial charge is 0.422 e. The average molecular weight is 268 g/mol. The van der Waals surface area contributed by atoms with Gasteiger partial charge < -0.3 is 5.11 Å². The molecular weight excluding hydrogens is 256 g/mol. The number of hydrogen-bond donors (Lipinski definition) is 2. The molecule has 0 saturated heterocycles. The third kappa shape index (κ3) is 3.33. The summed E-state index contributed by atoms with van der Waals surface area (Å²) < 4.78 is 65.9. The van der Waals surface area contributed by atoms with Crippen molar-refractivity contribution in [1.82, 2.24) is 10.4 Å². The molecule has 0 fully saturated rings. The van der Waals surface area contributed by atoms with Crippen LogP contribution in [0.25, 0.3) is 0 Å². The molecule has 0 aliphatic heterocycles. The van der Waals surface area contributed by atoms with E-state index in [4.69, 9.17) is 7.85 Å². The van der Waals surface area contributed by atoms with Crippen molar-refractivity contribution < 1.29 is 30.2 Å². The molecule has 8 heteroatoms. The van der Waals surface area contributed by atoms with Crippen molar-refractivity contribution in [2.45, 2.75) is 12.7 Å². The van der Waals surface area contributed by atoms with E-state index in [1.165, 1.54) is 0 Å². The number of alkyl halides is 3. The van der Waals surface area contributed by atoms with E-state index in [2.05, 4.69) is 0 Å². The lowest BCUT2D eigenvalue weighted by atomic mass is 10.1. The van der Waals surface area contributed by atoms with Crippen molar-refractivity contribution in [3.05, 3.63) is 35.1 Å². The molecule has 4 nitrogen and oxygen atoms in total. The molecule has 1 aromatic rings. The number of hydrazine groups is 1. The predicted octanol–water partition coefficient (Wildman–Crippen LogP) is 2.46. The summed E-state index contributed by atoms with van der Waals surface area (Å²) >= 11 is 0. The Morgan fingerprint density at radius 3 is 2.56 bits per heavy atom. The van der Waals surface area contributed by atoms with E-state index >= 15 is 0 Å². The number of halogens is 4. The van der Waals surface area contributed by atoms with E-state index in [9.17, 15) is 22.4 Å². The Kier molecular flexibility index (Phi) is 3.26. The Hall–Kier alpha value is -1.83. The monoisotopic (exact) mass is 268 g/mol. The van der Waals surface area contributed by atoms with Crippen LogP contribution in [0.2, 0.25) is 0 Å². The summed E-state index contributed by atoms with van der Waals surface area (Å²) in [5, 5.41) is 8.81. The van der Waals surface area contributed by atoms with Gasteiger partial charge in [0.15, 0.2) is 0 Å². The molecule has 0 heterocycles. The third-order valence-electron chi connectivity index (χ3n) is 1.94. The van der Waals surface area contributed by atoms with Crippen LogP contribution in [-0.2, 0) is 12.7 Å². The standard InChI is InChI=1S/C10H10F4N2O2/c1-15-16(9(17)18)5-6-2-3-7(4-8(6)11)10(12,13)14/h2-4,15H,5H2,1H3,(H,17,18)/i5D2. The van der Waals surface area contributed by atoms with Gasteiger partial charge in [-0.2, -0.15) is 13.2 Å². The van der Waals surface area contributed by atoms with Gasteiger partial charge in [0.1, 0.15) is 5.82 Å². The zero-order chi connectivity index (χ0) is 15.7. The van der Waals surface area contributed by atoms with E-state index in [-0.39, 0.29) is 11.1 Å². The summed E-state index contributed by atoms with van der Waals surface area (Å²) in [5.74, 6) is -1.49. The van der Waals surface area contributed by atoms with Crippen LogP contribution >= 0.6 is 0 Å². The molecule has 0 aliphatic carbocycles. The minimum Gasteiger partial charge on any atom is -0.464 e. The van der Waals surface area contributed by atoms with E-state index < -0.39 is 35.7 Å². The van der Waals surface area contributed by atoms with Crippen molar-refractivity contribution in [3.8, 4) is 0 Å². The van der Waals surface area contributed by atoms with Crippen LogP contribution in [0, 0.1) is 5.82 Å². The van der Waals surface area contributed by atoms with Gasteiger partial charge in [0.25, 0.3) is 0 Å². The zero-order valence-electron chi connectivity index (χ0n) is 11.0. The molecular formula is C10H10F4N2O2. The molecule has 0 radical (unpaired) electrons. The summed E-state index contributed by atoms with van der Waals surface area (Å²) in [7, 11) is 1.08. The average Bonchev–Trinajstić information content (AvgIpc) is 2.26. The van der Waals surface area contributed by atoms with Crippen molar-refractivity contribution in [2.75, 3.05) is 7.05 Å². The summed E-state index contributed by atoms with van der Waals surface area (Å²) in [4.78, 5) is 10.8. The largest absolute Gasteiger partial charge is 0.464 e. The summed E-state index contributed by atoms with van der Waals surface area (Å²) in [6, 6.07) is 1.15. The summed E-state index contributed by atoms with van der Waals surface area (Å²) in [5.41, 5.74) is -0.140. The van der Waals surface area contributed by atoms with Crippen LogP contribution in [-0.4, -0.2) is 23.3 Å². The first-order valence-corrected chi connectivity index (χ1v) is 4.59. The van der Waals surface area contributed by atoms with Crippen LogP contribution in [0.15, 0.2) is 18.2 Å². The number of amides is 1. The molecule has 1 rings (SSSR count). The number of rotatable bonds is 3. The second kappa shape index (κ2) is 5.21. The molecule has 100 valence electrons. The first kappa shape index (κ1) is 11.3. The van der Waals surface area contributed by atoms with Crippen molar-refractivity contribution in [2.24, 2.45) is 0 Å². The highest BCUT2D eigenvalue weighted by atomic mass is 19.4. The van der Waals surface area contributed by atoms with Gasteiger partial charge in [0.2, 0.25) is 0 Å². The maximum Gasteiger partial charge on any atom is 0.422 e. The minimum absolute atomic E-state index is 0.0404. The molecule has 1 aromatic carbocycles. The highest BCUT2D eigenvalue weighted by molar-refractivity contribution is 5.64. The minimum atomic E-state index is -4.78. The van der Waals surface area contributed by atoms with Crippen molar-refractivity contribution >= 4 is 6.09 Å².